The van der Waals surface area contributed by atoms with Gasteiger partial charge in [-0.15, -0.1) is 0 Å². The fourth-order valence-electron chi connectivity index (χ4n) is 2.12. The predicted octanol–water partition coefficient (Wildman–Crippen LogP) is 3.29. The highest BCUT2D eigenvalue weighted by Crippen LogP contribution is 2.27. The Morgan fingerprint density at radius 2 is 1.89 bits per heavy atom. The summed E-state index contributed by atoms with van der Waals surface area (Å²) in [6.45, 7) is 3.90. The Balaban J connectivity index is 2.41. The second-order valence-corrected chi connectivity index (χ2v) is 4.61. The summed E-state index contributed by atoms with van der Waals surface area (Å²) >= 11 is 0. The molecule has 4 heteroatoms. The number of aryl methyl sites for hydroxylation is 2. The molecule has 98 valence electrons. The van der Waals surface area contributed by atoms with E-state index < -0.39 is 11.0 Å². The molecule has 0 heterocycles. The summed E-state index contributed by atoms with van der Waals surface area (Å²) in [5, 5.41) is 21.1. The molecule has 0 aromatic heterocycles. The van der Waals surface area contributed by atoms with Crippen molar-refractivity contribution in [3.05, 3.63) is 74.8 Å². The molecule has 2 aromatic carbocycles. The van der Waals surface area contributed by atoms with Gasteiger partial charge in [-0.1, -0.05) is 35.9 Å². The number of nitrogens with zero attached hydrogens (tertiary/aromatic N) is 1. The Hall–Kier alpha value is -2.20. The molecule has 0 bridgehead atoms. The van der Waals surface area contributed by atoms with Crippen molar-refractivity contribution < 1.29 is 10.0 Å². The molecule has 1 unspecified atom stereocenters. The molecule has 1 atom stereocenters. The number of non-ortho nitro benzene ring substituents is 1. The first-order chi connectivity index (χ1) is 8.99. The summed E-state index contributed by atoms with van der Waals surface area (Å²) in [5.74, 6) is 0. The monoisotopic (exact) mass is 257 g/mol. The van der Waals surface area contributed by atoms with E-state index in [1.165, 1.54) is 12.1 Å². The van der Waals surface area contributed by atoms with Crippen LogP contribution in [0.5, 0.6) is 0 Å². The van der Waals surface area contributed by atoms with E-state index in [0.29, 0.717) is 5.56 Å². The van der Waals surface area contributed by atoms with E-state index in [2.05, 4.69) is 0 Å². The van der Waals surface area contributed by atoms with Crippen molar-refractivity contribution in [2.75, 3.05) is 0 Å². The second-order valence-electron chi connectivity index (χ2n) is 4.61. The fourth-order valence-corrected chi connectivity index (χ4v) is 2.12. The van der Waals surface area contributed by atoms with E-state index in [0.717, 1.165) is 16.7 Å². The number of rotatable bonds is 3. The summed E-state index contributed by atoms with van der Waals surface area (Å²) in [6, 6.07) is 11.9. The third-order valence-corrected chi connectivity index (χ3v) is 3.12. The minimum atomic E-state index is -0.847. The molecule has 0 aliphatic carbocycles. The van der Waals surface area contributed by atoms with Gasteiger partial charge in [-0.3, -0.25) is 10.1 Å². The Kier molecular flexibility index (Phi) is 3.62. The van der Waals surface area contributed by atoms with Crippen molar-refractivity contribution in [2.24, 2.45) is 0 Å². The van der Waals surface area contributed by atoms with Gasteiger partial charge in [0.05, 0.1) is 4.92 Å². The number of hydrogen-bond donors (Lipinski definition) is 1. The molecule has 0 amide bonds. The molecule has 0 spiro atoms. The first-order valence-corrected chi connectivity index (χ1v) is 5.98. The molecule has 19 heavy (non-hydrogen) atoms. The van der Waals surface area contributed by atoms with Crippen LogP contribution in [0.2, 0.25) is 0 Å². The molecule has 0 aliphatic heterocycles. The Labute approximate surface area is 111 Å². The van der Waals surface area contributed by atoms with Crippen LogP contribution in [0.4, 0.5) is 5.69 Å². The van der Waals surface area contributed by atoms with Gasteiger partial charge in [0.1, 0.15) is 6.10 Å². The van der Waals surface area contributed by atoms with E-state index in [1.54, 1.807) is 12.1 Å². The summed E-state index contributed by atoms with van der Waals surface area (Å²) in [7, 11) is 0. The largest absolute Gasteiger partial charge is 0.384 e. The highest BCUT2D eigenvalue weighted by Gasteiger charge is 2.15. The molecule has 2 rings (SSSR count). The Morgan fingerprint density at radius 3 is 2.53 bits per heavy atom. The van der Waals surface area contributed by atoms with E-state index >= 15 is 0 Å². The number of hydrogen-bond acceptors (Lipinski definition) is 3. The molecule has 4 nitrogen and oxygen atoms in total. The third kappa shape index (κ3) is 2.80. The number of nitro groups is 1. The van der Waals surface area contributed by atoms with Crippen molar-refractivity contribution in [3.63, 3.8) is 0 Å². The molecule has 0 saturated heterocycles. The average molecular weight is 257 g/mol. The number of aliphatic hydroxyl groups excluding tert-OH is 1. The molecular formula is C15H15NO3. The van der Waals surface area contributed by atoms with Crippen LogP contribution in [0.25, 0.3) is 0 Å². The van der Waals surface area contributed by atoms with Crippen LogP contribution in [-0.2, 0) is 0 Å². The fraction of sp³-hybridized carbons (Fsp3) is 0.200. The summed E-state index contributed by atoms with van der Waals surface area (Å²) in [6.07, 6.45) is -0.847. The summed E-state index contributed by atoms with van der Waals surface area (Å²) < 4.78 is 0. The lowest BCUT2D eigenvalue weighted by molar-refractivity contribution is -0.385. The zero-order valence-electron chi connectivity index (χ0n) is 10.8. The van der Waals surface area contributed by atoms with Gasteiger partial charge in [0, 0.05) is 12.1 Å². The van der Waals surface area contributed by atoms with Crippen molar-refractivity contribution >= 4 is 5.69 Å². The van der Waals surface area contributed by atoms with Gasteiger partial charge in [-0.25, -0.2) is 0 Å². The van der Waals surface area contributed by atoms with Crippen molar-refractivity contribution in [1.29, 1.82) is 0 Å². The number of benzene rings is 2. The first kappa shape index (κ1) is 13.2. The quantitative estimate of drug-likeness (QED) is 0.677. The minimum Gasteiger partial charge on any atom is -0.384 e. The SMILES string of the molecule is Cc1ccc(C(O)c2cccc([N+](=O)[O-])c2)c(C)c1. The normalized spacial score (nSPS) is 12.2. The molecule has 0 saturated carbocycles. The average Bonchev–Trinajstić information content (AvgIpc) is 2.38. The number of aliphatic hydroxyl groups is 1. The summed E-state index contributed by atoms with van der Waals surface area (Å²) in [5.41, 5.74) is 3.38. The van der Waals surface area contributed by atoms with Gasteiger partial charge in [0.25, 0.3) is 5.69 Å². The highest BCUT2D eigenvalue weighted by molar-refractivity contribution is 5.41. The maximum atomic E-state index is 10.7. The van der Waals surface area contributed by atoms with Crippen molar-refractivity contribution in [1.82, 2.24) is 0 Å². The predicted molar refractivity (Wildman–Crippen MR) is 73.1 cm³/mol. The molecule has 0 aliphatic rings. The van der Waals surface area contributed by atoms with Crippen LogP contribution < -0.4 is 0 Å². The first-order valence-electron chi connectivity index (χ1n) is 5.98. The van der Waals surface area contributed by atoms with Crippen LogP contribution in [0, 0.1) is 24.0 Å². The zero-order valence-corrected chi connectivity index (χ0v) is 10.8. The lowest BCUT2D eigenvalue weighted by atomic mass is 9.96. The molecular weight excluding hydrogens is 242 g/mol. The maximum absolute atomic E-state index is 10.7. The van der Waals surface area contributed by atoms with E-state index in [9.17, 15) is 15.2 Å². The molecule has 0 fully saturated rings. The maximum Gasteiger partial charge on any atom is 0.269 e. The standard InChI is InChI=1S/C15H15NO3/c1-10-6-7-14(11(2)8-10)15(17)12-4-3-5-13(9-12)16(18)19/h3-9,15,17H,1-2H3. The third-order valence-electron chi connectivity index (χ3n) is 3.12. The van der Waals surface area contributed by atoms with E-state index in [-0.39, 0.29) is 5.69 Å². The molecule has 0 radical (unpaired) electrons. The Bertz CT molecular complexity index is 623. The van der Waals surface area contributed by atoms with Crippen LogP contribution >= 0.6 is 0 Å². The Morgan fingerprint density at radius 1 is 1.16 bits per heavy atom. The van der Waals surface area contributed by atoms with Crippen LogP contribution in [-0.4, -0.2) is 10.0 Å². The van der Waals surface area contributed by atoms with Gasteiger partial charge < -0.3 is 5.11 Å². The van der Waals surface area contributed by atoms with Crippen LogP contribution in [0.1, 0.15) is 28.4 Å². The van der Waals surface area contributed by atoms with E-state index in [1.807, 2.05) is 32.0 Å². The van der Waals surface area contributed by atoms with Crippen LogP contribution in [0.3, 0.4) is 0 Å². The second kappa shape index (κ2) is 5.20. The lowest BCUT2D eigenvalue weighted by Gasteiger charge is -2.14. The van der Waals surface area contributed by atoms with Gasteiger partial charge in [0.15, 0.2) is 0 Å². The smallest absolute Gasteiger partial charge is 0.269 e. The van der Waals surface area contributed by atoms with Gasteiger partial charge in [-0.05, 0) is 30.5 Å². The van der Waals surface area contributed by atoms with Crippen LogP contribution in [0.15, 0.2) is 42.5 Å². The molecule has 2 aromatic rings. The van der Waals surface area contributed by atoms with E-state index in [4.69, 9.17) is 0 Å². The van der Waals surface area contributed by atoms with Gasteiger partial charge in [-0.2, -0.15) is 0 Å². The summed E-state index contributed by atoms with van der Waals surface area (Å²) in [4.78, 5) is 10.3. The number of nitro benzene ring substituents is 1. The molecule has 1 N–H and O–H groups in total. The van der Waals surface area contributed by atoms with Gasteiger partial charge >= 0.3 is 0 Å². The van der Waals surface area contributed by atoms with Crippen molar-refractivity contribution in [2.45, 2.75) is 20.0 Å². The zero-order chi connectivity index (χ0) is 14.0. The van der Waals surface area contributed by atoms with Gasteiger partial charge in [0.2, 0.25) is 0 Å². The lowest BCUT2D eigenvalue weighted by Crippen LogP contribution is -2.03. The van der Waals surface area contributed by atoms with Crippen molar-refractivity contribution in [3.8, 4) is 0 Å². The minimum absolute atomic E-state index is 0.0127. The highest BCUT2D eigenvalue weighted by atomic mass is 16.6. The topological polar surface area (TPSA) is 63.4 Å².